The predicted molar refractivity (Wildman–Crippen MR) is 81.4 cm³/mol. The second kappa shape index (κ2) is 7.48. The molecule has 0 aliphatic rings. The van der Waals surface area contributed by atoms with E-state index in [9.17, 15) is 14.4 Å². The second-order valence-corrected chi connectivity index (χ2v) is 5.49. The molecule has 0 bridgehead atoms. The van der Waals surface area contributed by atoms with Gasteiger partial charge in [-0.15, -0.1) is 0 Å². The Morgan fingerprint density at radius 2 is 1.91 bits per heavy atom. The molecule has 0 atom stereocenters. The number of nitrogens with two attached hydrogens (primary N) is 1. The maximum Gasteiger partial charge on any atom is 0.310 e. The van der Waals surface area contributed by atoms with Crippen molar-refractivity contribution in [3.63, 3.8) is 0 Å². The van der Waals surface area contributed by atoms with Crippen LogP contribution in [0.2, 0.25) is 0 Å². The van der Waals surface area contributed by atoms with Gasteiger partial charge in [-0.25, -0.2) is 0 Å². The monoisotopic (exact) mass is 324 g/mol. The number of benzene rings is 1. The van der Waals surface area contributed by atoms with E-state index in [1.165, 1.54) is 39.2 Å². The molecule has 4 N–H and O–H groups in total. The fourth-order valence-corrected chi connectivity index (χ4v) is 1.56. The summed E-state index contributed by atoms with van der Waals surface area (Å²) in [4.78, 5) is 33.8. The first-order chi connectivity index (χ1) is 10.7. The van der Waals surface area contributed by atoms with Gasteiger partial charge in [-0.1, -0.05) is 0 Å². The van der Waals surface area contributed by atoms with Crippen LogP contribution in [0.1, 0.15) is 24.2 Å². The van der Waals surface area contributed by atoms with Crippen LogP contribution in [0, 0.1) is 5.41 Å². The molecule has 2 amide bonds. The molecule has 1 aromatic carbocycles. The van der Waals surface area contributed by atoms with Crippen LogP contribution in [-0.2, 0) is 9.59 Å². The molecule has 126 valence electrons. The number of carbonyl (C=O) groups is 3. The Morgan fingerprint density at radius 1 is 1.26 bits per heavy atom. The summed E-state index contributed by atoms with van der Waals surface area (Å²) < 4.78 is 10.3. The maximum atomic E-state index is 12.1. The number of rotatable bonds is 8. The summed E-state index contributed by atoms with van der Waals surface area (Å²) >= 11 is 0. The highest BCUT2D eigenvalue weighted by molar-refractivity contribution is 5.95. The third-order valence-corrected chi connectivity index (χ3v) is 3.07. The molecule has 0 fully saturated rings. The second-order valence-electron chi connectivity index (χ2n) is 5.49. The summed E-state index contributed by atoms with van der Waals surface area (Å²) in [5.41, 5.74) is 4.19. The van der Waals surface area contributed by atoms with Crippen molar-refractivity contribution in [1.29, 1.82) is 0 Å². The SMILES string of the molecule is COc1cc(C(=O)NCC(C)(C)C(=O)O)ccc1OCC(N)=O. The zero-order valence-electron chi connectivity index (χ0n) is 13.2. The van der Waals surface area contributed by atoms with E-state index in [0.29, 0.717) is 0 Å². The number of primary amides is 1. The minimum atomic E-state index is -1.08. The Morgan fingerprint density at radius 3 is 2.43 bits per heavy atom. The van der Waals surface area contributed by atoms with Crippen molar-refractivity contribution in [1.82, 2.24) is 5.32 Å². The van der Waals surface area contributed by atoms with Gasteiger partial charge in [0.05, 0.1) is 12.5 Å². The van der Waals surface area contributed by atoms with Crippen LogP contribution < -0.4 is 20.5 Å². The fourth-order valence-electron chi connectivity index (χ4n) is 1.56. The van der Waals surface area contributed by atoms with Crippen molar-refractivity contribution < 1.29 is 29.0 Å². The van der Waals surface area contributed by atoms with Crippen molar-refractivity contribution in [2.75, 3.05) is 20.3 Å². The Labute approximate surface area is 133 Å². The number of amides is 2. The van der Waals surface area contributed by atoms with Crippen molar-refractivity contribution >= 4 is 17.8 Å². The van der Waals surface area contributed by atoms with Crippen molar-refractivity contribution in [3.8, 4) is 11.5 Å². The van der Waals surface area contributed by atoms with E-state index in [0.717, 1.165) is 0 Å². The van der Waals surface area contributed by atoms with Gasteiger partial charge in [-0.3, -0.25) is 14.4 Å². The number of hydrogen-bond acceptors (Lipinski definition) is 5. The van der Waals surface area contributed by atoms with Crippen molar-refractivity contribution in [2.24, 2.45) is 11.1 Å². The van der Waals surface area contributed by atoms with Gasteiger partial charge >= 0.3 is 5.97 Å². The zero-order chi connectivity index (χ0) is 17.6. The molecule has 1 rings (SSSR count). The van der Waals surface area contributed by atoms with Gasteiger partial charge in [0, 0.05) is 12.1 Å². The lowest BCUT2D eigenvalue weighted by Crippen LogP contribution is -2.38. The van der Waals surface area contributed by atoms with Gasteiger partial charge < -0.3 is 25.6 Å². The molecular weight excluding hydrogens is 304 g/mol. The quantitative estimate of drug-likeness (QED) is 0.635. The molecule has 0 spiro atoms. The largest absolute Gasteiger partial charge is 0.493 e. The lowest BCUT2D eigenvalue weighted by molar-refractivity contribution is -0.146. The first-order valence-electron chi connectivity index (χ1n) is 6.78. The first kappa shape index (κ1) is 18.3. The minimum absolute atomic E-state index is 0.0244. The van der Waals surface area contributed by atoms with Crippen molar-refractivity contribution in [2.45, 2.75) is 13.8 Å². The predicted octanol–water partition coefficient (Wildman–Crippen LogP) is 0.400. The number of methoxy groups -OCH3 is 1. The third-order valence-electron chi connectivity index (χ3n) is 3.07. The molecule has 0 saturated carbocycles. The van der Waals surface area contributed by atoms with Crippen LogP contribution in [-0.4, -0.2) is 43.2 Å². The Hall–Kier alpha value is -2.77. The van der Waals surface area contributed by atoms with Gasteiger partial charge in [0.1, 0.15) is 0 Å². The van der Waals surface area contributed by atoms with Gasteiger partial charge in [-0.2, -0.15) is 0 Å². The van der Waals surface area contributed by atoms with E-state index < -0.39 is 23.2 Å². The topological polar surface area (TPSA) is 128 Å². The van der Waals surface area contributed by atoms with Crippen LogP contribution in [0.15, 0.2) is 18.2 Å². The molecule has 0 radical (unpaired) electrons. The van der Waals surface area contributed by atoms with E-state index in [2.05, 4.69) is 5.32 Å². The van der Waals surface area contributed by atoms with Gasteiger partial charge in [0.2, 0.25) is 0 Å². The summed E-state index contributed by atoms with van der Waals surface area (Å²) in [7, 11) is 1.39. The summed E-state index contributed by atoms with van der Waals surface area (Å²) in [5.74, 6) is -1.56. The van der Waals surface area contributed by atoms with E-state index in [4.69, 9.17) is 20.3 Å². The van der Waals surface area contributed by atoms with E-state index in [1.807, 2.05) is 0 Å². The average molecular weight is 324 g/mol. The van der Waals surface area contributed by atoms with Crippen LogP contribution in [0.3, 0.4) is 0 Å². The molecule has 8 heteroatoms. The number of hydrogen-bond donors (Lipinski definition) is 3. The van der Waals surface area contributed by atoms with Gasteiger partial charge in [0.25, 0.3) is 11.8 Å². The minimum Gasteiger partial charge on any atom is -0.493 e. The molecule has 8 nitrogen and oxygen atoms in total. The molecule has 0 unspecified atom stereocenters. The lowest BCUT2D eigenvalue weighted by Gasteiger charge is -2.19. The summed E-state index contributed by atoms with van der Waals surface area (Å²) in [5, 5.41) is 11.6. The number of carboxylic acids is 1. The molecule has 0 heterocycles. The van der Waals surface area contributed by atoms with Crippen LogP contribution in [0.25, 0.3) is 0 Å². The van der Waals surface area contributed by atoms with Gasteiger partial charge in [0.15, 0.2) is 18.1 Å². The third kappa shape index (κ3) is 5.17. The highest BCUT2D eigenvalue weighted by Crippen LogP contribution is 2.28. The lowest BCUT2D eigenvalue weighted by atomic mass is 9.94. The summed E-state index contributed by atoms with van der Waals surface area (Å²) in [6.45, 7) is 2.69. The van der Waals surface area contributed by atoms with Crippen LogP contribution in [0.4, 0.5) is 0 Å². The van der Waals surface area contributed by atoms with Crippen LogP contribution in [0.5, 0.6) is 11.5 Å². The molecule has 0 aromatic heterocycles. The highest BCUT2D eigenvalue weighted by atomic mass is 16.5. The van der Waals surface area contributed by atoms with E-state index >= 15 is 0 Å². The maximum absolute atomic E-state index is 12.1. The Balaban J connectivity index is 2.82. The smallest absolute Gasteiger partial charge is 0.310 e. The zero-order valence-corrected chi connectivity index (χ0v) is 13.2. The Bertz CT molecular complexity index is 612. The molecule has 0 aliphatic carbocycles. The number of aliphatic carboxylic acids is 1. The average Bonchev–Trinajstić information content (AvgIpc) is 2.50. The van der Waals surface area contributed by atoms with Crippen molar-refractivity contribution in [3.05, 3.63) is 23.8 Å². The molecule has 0 saturated heterocycles. The summed E-state index contributed by atoms with van der Waals surface area (Å²) in [6.07, 6.45) is 0. The fraction of sp³-hybridized carbons (Fsp3) is 0.400. The molecule has 23 heavy (non-hydrogen) atoms. The van der Waals surface area contributed by atoms with Crippen LogP contribution >= 0.6 is 0 Å². The number of carboxylic acid groups (broad SMARTS) is 1. The summed E-state index contributed by atoms with van der Waals surface area (Å²) in [6, 6.07) is 4.38. The number of carbonyl (C=O) groups excluding carboxylic acids is 2. The number of nitrogens with one attached hydrogen (secondary N) is 1. The standard InChI is InChI=1S/C15H20N2O6/c1-15(2,14(20)21)8-17-13(19)9-4-5-10(11(6-9)22-3)23-7-12(16)18/h4-6H,7-8H2,1-3H3,(H2,16,18)(H,17,19)(H,20,21). The highest BCUT2D eigenvalue weighted by Gasteiger charge is 2.27. The molecular formula is C15H20N2O6. The molecule has 0 aliphatic heterocycles. The number of ether oxygens (including phenoxy) is 2. The molecule has 1 aromatic rings. The van der Waals surface area contributed by atoms with Gasteiger partial charge in [-0.05, 0) is 32.0 Å². The normalized spacial score (nSPS) is 10.7. The first-order valence-corrected chi connectivity index (χ1v) is 6.78. The Kier molecular flexibility index (Phi) is 5.94. The van der Waals surface area contributed by atoms with E-state index in [1.54, 1.807) is 0 Å². The van der Waals surface area contributed by atoms with E-state index in [-0.39, 0.29) is 30.2 Å².